The molecule has 1 aliphatic rings. The molecule has 0 saturated carbocycles. The SMILES string of the molecule is Cc1cccc(/C=C2/c3ccc4sc5cc(C#N)cc6c7ccc[n+]2c7c3c4c56)c1-c1cccc[nH+]1.[I-]. The van der Waals surface area contributed by atoms with E-state index in [9.17, 15) is 5.26 Å². The van der Waals surface area contributed by atoms with Crippen molar-refractivity contribution < 1.29 is 33.5 Å². The molecule has 0 atom stereocenters. The Morgan fingerprint density at radius 3 is 2.65 bits per heavy atom. The van der Waals surface area contributed by atoms with Crippen LogP contribution in [0.2, 0.25) is 0 Å². The number of hydrogen-bond acceptors (Lipinski definition) is 2. The maximum absolute atomic E-state index is 9.71. The molecule has 5 heteroatoms. The van der Waals surface area contributed by atoms with Crippen LogP contribution in [0.1, 0.15) is 22.3 Å². The van der Waals surface area contributed by atoms with E-state index in [4.69, 9.17) is 0 Å². The van der Waals surface area contributed by atoms with Crippen LogP contribution in [0.3, 0.4) is 0 Å². The van der Waals surface area contributed by atoms with Gasteiger partial charge in [-0.15, -0.1) is 11.3 Å². The van der Waals surface area contributed by atoms with Crippen LogP contribution in [0.25, 0.3) is 64.9 Å². The lowest BCUT2D eigenvalue weighted by Crippen LogP contribution is -3.00. The first-order valence-electron chi connectivity index (χ1n) is 12.0. The first-order valence-corrected chi connectivity index (χ1v) is 12.8. The first-order chi connectivity index (χ1) is 17.7. The van der Waals surface area contributed by atoms with Crippen molar-refractivity contribution in [2.45, 2.75) is 6.92 Å². The van der Waals surface area contributed by atoms with Crippen molar-refractivity contribution >= 4 is 65.0 Å². The summed E-state index contributed by atoms with van der Waals surface area (Å²) in [5.74, 6) is 0. The second-order valence-electron chi connectivity index (χ2n) is 9.46. The molecule has 4 aromatic carbocycles. The zero-order valence-electron chi connectivity index (χ0n) is 19.8. The van der Waals surface area contributed by atoms with Crippen molar-refractivity contribution in [1.29, 1.82) is 5.26 Å². The van der Waals surface area contributed by atoms with Crippen molar-refractivity contribution in [3.05, 3.63) is 107 Å². The van der Waals surface area contributed by atoms with Crippen LogP contribution < -0.4 is 33.5 Å². The average Bonchev–Trinajstić information content (AvgIpc) is 3.44. The van der Waals surface area contributed by atoms with Gasteiger partial charge in [-0.1, -0.05) is 18.2 Å². The highest BCUT2D eigenvalue weighted by molar-refractivity contribution is 7.26. The van der Waals surface area contributed by atoms with E-state index in [1.165, 1.54) is 69.8 Å². The molecule has 0 saturated heterocycles. The van der Waals surface area contributed by atoms with Gasteiger partial charge in [-0.2, -0.15) is 9.83 Å². The Labute approximate surface area is 234 Å². The molecule has 174 valence electrons. The van der Waals surface area contributed by atoms with Gasteiger partial charge in [0.05, 0.1) is 33.5 Å². The Morgan fingerprint density at radius 2 is 1.81 bits per heavy atom. The van der Waals surface area contributed by atoms with Gasteiger partial charge >= 0.3 is 0 Å². The van der Waals surface area contributed by atoms with Gasteiger partial charge in [0.15, 0.2) is 12.4 Å². The number of H-pyrrole nitrogens is 1. The van der Waals surface area contributed by atoms with Gasteiger partial charge in [-0.05, 0) is 59.8 Å². The summed E-state index contributed by atoms with van der Waals surface area (Å²) in [5.41, 5.74) is 9.12. The number of aryl methyl sites for hydroxylation is 1. The van der Waals surface area contributed by atoms with Crippen molar-refractivity contribution in [3.63, 3.8) is 0 Å². The molecule has 4 heterocycles. The van der Waals surface area contributed by atoms with E-state index < -0.39 is 0 Å². The molecule has 0 bridgehead atoms. The van der Waals surface area contributed by atoms with E-state index in [0.29, 0.717) is 5.56 Å². The Morgan fingerprint density at radius 1 is 0.892 bits per heavy atom. The summed E-state index contributed by atoms with van der Waals surface area (Å²) in [5, 5.41) is 16.0. The van der Waals surface area contributed by atoms with Crippen LogP contribution in [0.5, 0.6) is 0 Å². The number of rotatable bonds is 2. The van der Waals surface area contributed by atoms with Crippen LogP contribution >= 0.6 is 11.3 Å². The van der Waals surface area contributed by atoms with E-state index in [1.807, 2.05) is 18.3 Å². The standard InChI is InChI=1S/C32H18N3S.HI/c1-18-6-4-7-20(28(18)24-9-2-3-12-34-24)16-25-22-10-11-26-31-29-23(14-19(17-33)15-27(29)36-26)21-8-5-13-35(25)32(21)30(22)31;/h2-16H,1H3;1H/q+1;/b25-16-;. The molecule has 3 aromatic heterocycles. The second-order valence-corrected chi connectivity index (χ2v) is 10.5. The molecule has 7 aromatic rings. The minimum absolute atomic E-state index is 0. The van der Waals surface area contributed by atoms with E-state index >= 15 is 0 Å². The summed E-state index contributed by atoms with van der Waals surface area (Å²) >= 11 is 1.78. The van der Waals surface area contributed by atoms with Crippen molar-refractivity contribution in [3.8, 4) is 17.3 Å². The number of aromatic nitrogens is 2. The molecule has 0 amide bonds. The summed E-state index contributed by atoms with van der Waals surface area (Å²) in [6.45, 7) is 2.17. The molecule has 0 fully saturated rings. The lowest BCUT2D eigenvalue weighted by Gasteiger charge is -2.06. The number of pyridine rings is 2. The summed E-state index contributed by atoms with van der Waals surface area (Å²) in [7, 11) is 0. The number of hydrogen-bond donors (Lipinski definition) is 0. The van der Waals surface area contributed by atoms with Gasteiger partial charge in [0.2, 0.25) is 16.9 Å². The third-order valence-corrected chi connectivity index (χ3v) is 8.60. The Bertz CT molecular complexity index is 2120. The summed E-state index contributed by atoms with van der Waals surface area (Å²) in [6, 6.07) is 28.0. The van der Waals surface area contributed by atoms with E-state index in [-0.39, 0.29) is 24.0 Å². The van der Waals surface area contributed by atoms with Gasteiger partial charge < -0.3 is 24.0 Å². The number of nitrogens with one attached hydrogen (secondary N) is 1. The van der Waals surface area contributed by atoms with Gasteiger partial charge in [0.25, 0.3) is 0 Å². The Balaban J connectivity index is 0.00000231. The van der Waals surface area contributed by atoms with Gasteiger partial charge in [-0.3, -0.25) is 0 Å². The van der Waals surface area contributed by atoms with Crippen LogP contribution in [-0.2, 0) is 0 Å². The Hall–Kier alpha value is -3.86. The monoisotopic (exact) mass is 604 g/mol. The lowest BCUT2D eigenvalue weighted by atomic mass is 9.94. The minimum atomic E-state index is 0. The number of benzene rings is 4. The van der Waals surface area contributed by atoms with Crippen LogP contribution in [-0.4, -0.2) is 0 Å². The number of aromatic amines is 1. The smallest absolute Gasteiger partial charge is 0.227 e. The summed E-state index contributed by atoms with van der Waals surface area (Å²) < 4.78 is 4.80. The molecule has 0 aliphatic carbocycles. The molecule has 0 unspecified atom stereocenters. The van der Waals surface area contributed by atoms with Crippen molar-refractivity contribution in [2.75, 3.05) is 0 Å². The normalized spacial score (nSPS) is 13.4. The fraction of sp³-hybridized carbons (Fsp3) is 0.0312. The molecule has 1 aliphatic heterocycles. The zero-order valence-corrected chi connectivity index (χ0v) is 22.8. The molecule has 0 spiro atoms. The largest absolute Gasteiger partial charge is 1.00 e. The molecular weight excluding hydrogens is 585 g/mol. The summed E-state index contributed by atoms with van der Waals surface area (Å²) in [6.07, 6.45) is 6.48. The third-order valence-electron chi connectivity index (χ3n) is 7.50. The predicted octanol–water partition coefficient (Wildman–Crippen LogP) is 4.11. The predicted molar refractivity (Wildman–Crippen MR) is 147 cm³/mol. The molecular formula is C32H19IN3S+. The van der Waals surface area contributed by atoms with Crippen LogP contribution in [0, 0.1) is 18.3 Å². The van der Waals surface area contributed by atoms with Gasteiger partial charge in [0, 0.05) is 44.4 Å². The maximum Gasteiger partial charge on any atom is 0.227 e. The van der Waals surface area contributed by atoms with Gasteiger partial charge in [0.1, 0.15) is 0 Å². The maximum atomic E-state index is 9.71. The minimum Gasteiger partial charge on any atom is -1.00 e. The van der Waals surface area contributed by atoms with E-state index in [0.717, 1.165) is 5.69 Å². The highest BCUT2D eigenvalue weighted by Gasteiger charge is 2.34. The van der Waals surface area contributed by atoms with Gasteiger partial charge in [-0.25, -0.2) is 4.98 Å². The number of nitriles is 1. The molecule has 1 N–H and O–H groups in total. The van der Waals surface area contributed by atoms with E-state index in [2.05, 4.69) is 95.5 Å². The number of fused-ring (bicyclic) bond motifs is 1. The van der Waals surface area contributed by atoms with Crippen molar-refractivity contribution in [1.82, 2.24) is 0 Å². The fourth-order valence-corrected chi connectivity index (χ4v) is 7.24. The molecule has 8 rings (SSSR count). The average molecular weight is 604 g/mol. The highest BCUT2D eigenvalue weighted by atomic mass is 127. The second kappa shape index (κ2) is 8.07. The van der Waals surface area contributed by atoms with E-state index in [1.54, 1.807) is 11.3 Å². The zero-order chi connectivity index (χ0) is 24.0. The quantitative estimate of drug-likeness (QED) is 0.167. The van der Waals surface area contributed by atoms with Crippen LogP contribution in [0.4, 0.5) is 0 Å². The third kappa shape index (κ3) is 2.97. The number of halogens is 1. The lowest BCUT2D eigenvalue weighted by molar-refractivity contribution is -0.545. The molecule has 37 heavy (non-hydrogen) atoms. The fourth-order valence-electron chi connectivity index (χ4n) is 6.06. The Kier molecular flexibility index (Phi) is 4.87. The first kappa shape index (κ1) is 22.3. The molecule has 3 nitrogen and oxygen atoms in total. The molecule has 0 radical (unpaired) electrons. The number of thiophene rings is 1. The number of nitrogens with zero attached hydrogens (tertiary/aromatic N) is 2. The van der Waals surface area contributed by atoms with Crippen molar-refractivity contribution in [2.24, 2.45) is 0 Å². The highest BCUT2D eigenvalue weighted by Crippen LogP contribution is 2.48. The van der Waals surface area contributed by atoms with Crippen LogP contribution in [0.15, 0.2) is 85.2 Å². The summed E-state index contributed by atoms with van der Waals surface area (Å²) in [4.78, 5) is 3.43. The topological polar surface area (TPSA) is 41.8 Å².